The van der Waals surface area contributed by atoms with Gasteiger partial charge in [-0.2, -0.15) is 11.3 Å². The van der Waals surface area contributed by atoms with Crippen molar-refractivity contribution < 1.29 is 9.21 Å². The lowest BCUT2D eigenvalue weighted by Crippen LogP contribution is -2.36. The van der Waals surface area contributed by atoms with E-state index in [0.29, 0.717) is 30.7 Å². The predicted molar refractivity (Wildman–Crippen MR) is 105 cm³/mol. The number of carbonyl (C=O) groups is 1. The van der Waals surface area contributed by atoms with Crippen molar-refractivity contribution in [2.24, 2.45) is 0 Å². The summed E-state index contributed by atoms with van der Waals surface area (Å²) >= 11 is 1.59. The molecule has 0 spiro atoms. The fraction of sp³-hybridized carbons (Fsp3) is 0.381. The Bertz CT molecular complexity index is 861. The minimum atomic E-state index is 0.195. The molecule has 3 heterocycles. The van der Waals surface area contributed by atoms with Gasteiger partial charge in [-0.05, 0) is 42.7 Å². The Labute approximate surface area is 163 Å². The fourth-order valence-electron chi connectivity index (χ4n) is 3.66. The first-order chi connectivity index (χ1) is 13.3. The molecule has 0 N–H and O–H groups in total. The smallest absolute Gasteiger partial charge is 0.248 e. The molecule has 4 rings (SSSR count). The highest BCUT2D eigenvalue weighted by molar-refractivity contribution is 7.08. The Kier molecular flexibility index (Phi) is 5.63. The van der Waals surface area contributed by atoms with Crippen molar-refractivity contribution in [2.45, 2.75) is 44.6 Å². The minimum Gasteiger partial charge on any atom is -0.421 e. The van der Waals surface area contributed by atoms with Crippen LogP contribution in [0.2, 0.25) is 0 Å². The van der Waals surface area contributed by atoms with E-state index in [1.807, 2.05) is 22.9 Å². The van der Waals surface area contributed by atoms with Gasteiger partial charge in [-0.15, -0.1) is 10.2 Å². The van der Waals surface area contributed by atoms with Crippen LogP contribution in [0.5, 0.6) is 0 Å². The van der Waals surface area contributed by atoms with Crippen LogP contribution in [-0.2, 0) is 17.6 Å². The van der Waals surface area contributed by atoms with Gasteiger partial charge in [-0.1, -0.05) is 30.3 Å². The highest BCUT2D eigenvalue weighted by Gasteiger charge is 2.28. The maximum absolute atomic E-state index is 12.7. The molecule has 1 aliphatic rings. The number of thiophene rings is 1. The number of rotatable bonds is 7. The fourth-order valence-corrected chi connectivity index (χ4v) is 4.29. The van der Waals surface area contributed by atoms with Crippen LogP contribution in [0.4, 0.5) is 0 Å². The van der Waals surface area contributed by atoms with Gasteiger partial charge in [0.2, 0.25) is 17.7 Å². The zero-order valence-corrected chi connectivity index (χ0v) is 16.0. The van der Waals surface area contributed by atoms with Gasteiger partial charge in [-0.25, -0.2) is 0 Å². The Balaban J connectivity index is 1.29. The van der Waals surface area contributed by atoms with E-state index in [-0.39, 0.29) is 5.91 Å². The van der Waals surface area contributed by atoms with Crippen molar-refractivity contribution in [3.8, 4) is 11.5 Å². The zero-order chi connectivity index (χ0) is 18.5. The van der Waals surface area contributed by atoms with Crippen molar-refractivity contribution in [2.75, 3.05) is 6.54 Å². The Hall–Kier alpha value is -2.47. The third-order valence-electron chi connectivity index (χ3n) is 5.09. The summed E-state index contributed by atoms with van der Waals surface area (Å²) in [6.07, 6.45) is 5.15. The molecule has 0 saturated carbocycles. The van der Waals surface area contributed by atoms with Gasteiger partial charge in [0.1, 0.15) is 0 Å². The summed E-state index contributed by atoms with van der Waals surface area (Å²) in [5.41, 5.74) is 2.27. The normalized spacial score (nSPS) is 16.7. The monoisotopic (exact) mass is 381 g/mol. The molecule has 0 radical (unpaired) electrons. The first-order valence-electron chi connectivity index (χ1n) is 9.48. The largest absolute Gasteiger partial charge is 0.421 e. The third-order valence-corrected chi connectivity index (χ3v) is 5.78. The second-order valence-electron chi connectivity index (χ2n) is 6.92. The Morgan fingerprint density at radius 3 is 2.89 bits per heavy atom. The van der Waals surface area contributed by atoms with Crippen molar-refractivity contribution in [3.63, 3.8) is 0 Å². The lowest BCUT2D eigenvalue weighted by atomic mass is 10.0. The van der Waals surface area contributed by atoms with Crippen LogP contribution in [-0.4, -0.2) is 33.6 Å². The molecule has 1 unspecified atom stereocenters. The first-order valence-corrected chi connectivity index (χ1v) is 10.4. The molecule has 6 heteroatoms. The average molecular weight is 382 g/mol. The van der Waals surface area contributed by atoms with Gasteiger partial charge in [0, 0.05) is 36.4 Å². The predicted octanol–water partition coefficient (Wildman–Crippen LogP) is 4.35. The second-order valence-corrected chi connectivity index (χ2v) is 7.70. The molecule has 5 nitrogen and oxygen atoms in total. The van der Waals surface area contributed by atoms with Crippen LogP contribution in [0.1, 0.15) is 37.1 Å². The number of aryl methyl sites for hydroxylation is 2. The van der Waals surface area contributed by atoms with Gasteiger partial charge in [0.25, 0.3) is 0 Å². The van der Waals surface area contributed by atoms with Crippen LogP contribution in [0.25, 0.3) is 11.5 Å². The second kappa shape index (κ2) is 8.48. The van der Waals surface area contributed by atoms with Crippen LogP contribution < -0.4 is 0 Å². The molecule has 0 bridgehead atoms. The van der Waals surface area contributed by atoms with E-state index in [1.54, 1.807) is 11.3 Å². The summed E-state index contributed by atoms with van der Waals surface area (Å²) < 4.78 is 5.69. The van der Waals surface area contributed by atoms with Gasteiger partial charge < -0.3 is 9.32 Å². The number of hydrogen-bond donors (Lipinski definition) is 0. The summed E-state index contributed by atoms with van der Waals surface area (Å²) in [5.74, 6) is 1.26. The molecule has 27 heavy (non-hydrogen) atoms. The average Bonchev–Trinajstić information content (AvgIpc) is 3.46. The number of aromatic nitrogens is 2. The van der Waals surface area contributed by atoms with Crippen molar-refractivity contribution in [1.29, 1.82) is 0 Å². The quantitative estimate of drug-likeness (QED) is 0.610. The SMILES string of the molecule is O=C(CCc1nnc(-c2ccsc2)o1)N1CCCC1CCc1ccccc1. The molecule has 3 aromatic rings. The third kappa shape index (κ3) is 4.45. The van der Waals surface area contributed by atoms with E-state index < -0.39 is 0 Å². The number of likely N-dealkylation sites (tertiary alicyclic amines) is 1. The van der Waals surface area contributed by atoms with Gasteiger partial charge in [0.15, 0.2) is 0 Å². The molecule has 1 atom stereocenters. The number of amides is 1. The van der Waals surface area contributed by atoms with Gasteiger partial charge in [0.05, 0.1) is 0 Å². The maximum atomic E-state index is 12.7. The molecular formula is C21H23N3O2S. The molecule has 2 aromatic heterocycles. The highest BCUT2D eigenvalue weighted by atomic mass is 32.1. The number of nitrogens with zero attached hydrogens (tertiary/aromatic N) is 3. The van der Waals surface area contributed by atoms with E-state index in [4.69, 9.17) is 4.42 Å². The number of benzene rings is 1. The van der Waals surface area contributed by atoms with Crippen molar-refractivity contribution in [3.05, 3.63) is 58.6 Å². The standard InChI is InChI=1S/C21H23N3O2S/c25-20(11-10-19-22-23-21(26-19)17-12-14-27-15-17)24-13-4-7-18(24)9-8-16-5-2-1-3-6-16/h1-3,5-6,12,14-15,18H,4,7-11,13H2. The molecule has 1 amide bonds. The van der Waals surface area contributed by atoms with E-state index >= 15 is 0 Å². The van der Waals surface area contributed by atoms with Gasteiger partial charge in [-0.3, -0.25) is 4.79 Å². The lowest BCUT2D eigenvalue weighted by molar-refractivity contribution is -0.132. The van der Waals surface area contributed by atoms with E-state index in [9.17, 15) is 4.79 Å². The molecule has 1 saturated heterocycles. The zero-order valence-electron chi connectivity index (χ0n) is 15.2. The van der Waals surface area contributed by atoms with E-state index in [0.717, 1.165) is 37.8 Å². The molecule has 1 aromatic carbocycles. The molecule has 1 fully saturated rings. The minimum absolute atomic E-state index is 0.195. The van der Waals surface area contributed by atoms with Crippen LogP contribution in [0.3, 0.4) is 0 Å². The first kappa shape index (κ1) is 17.9. The van der Waals surface area contributed by atoms with Crippen LogP contribution in [0, 0.1) is 0 Å². The summed E-state index contributed by atoms with van der Waals surface area (Å²) in [6.45, 7) is 0.863. The van der Waals surface area contributed by atoms with Crippen LogP contribution >= 0.6 is 11.3 Å². The number of carbonyl (C=O) groups excluding carboxylic acids is 1. The summed E-state index contributed by atoms with van der Waals surface area (Å²) in [5, 5.41) is 12.1. The molecular weight excluding hydrogens is 358 g/mol. The molecule has 0 aliphatic carbocycles. The Morgan fingerprint density at radius 2 is 2.07 bits per heavy atom. The van der Waals surface area contributed by atoms with Crippen molar-refractivity contribution in [1.82, 2.24) is 15.1 Å². The topological polar surface area (TPSA) is 59.2 Å². The maximum Gasteiger partial charge on any atom is 0.248 e. The molecule has 1 aliphatic heterocycles. The lowest BCUT2D eigenvalue weighted by Gasteiger charge is -2.24. The summed E-state index contributed by atoms with van der Waals surface area (Å²) in [6, 6.07) is 12.8. The summed E-state index contributed by atoms with van der Waals surface area (Å²) in [4.78, 5) is 14.8. The Morgan fingerprint density at radius 1 is 1.19 bits per heavy atom. The van der Waals surface area contributed by atoms with Crippen LogP contribution in [0.15, 0.2) is 51.6 Å². The highest BCUT2D eigenvalue weighted by Crippen LogP contribution is 2.24. The van der Waals surface area contributed by atoms with E-state index in [2.05, 4.69) is 39.4 Å². The van der Waals surface area contributed by atoms with Crippen molar-refractivity contribution >= 4 is 17.2 Å². The molecule has 140 valence electrons. The van der Waals surface area contributed by atoms with E-state index in [1.165, 1.54) is 5.56 Å². The van der Waals surface area contributed by atoms with Gasteiger partial charge >= 0.3 is 0 Å². The summed E-state index contributed by atoms with van der Waals surface area (Å²) in [7, 11) is 0. The number of hydrogen-bond acceptors (Lipinski definition) is 5.